The van der Waals surface area contributed by atoms with E-state index in [4.69, 9.17) is 10.5 Å². The summed E-state index contributed by atoms with van der Waals surface area (Å²) >= 11 is 0. The van der Waals surface area contributed by atoms with Crippen molar-refractivity contribution in [2.24, 2.45) is 11.7 Å². The van der Waals surface area contributed by atoms with Crippen LogP contribution in [0, 0.1) is 11.7 Å². The molecular weight excluding hydrogens is 424 g/mol. The summed E-state index contributed by atoms with van der Waals surface area (Å²) in [5.41, 5.74) is 5.08. The molecule has 1 fully saturated rings. The van der Waals surface area contributed by atoms with Crippen LogP contribution in [0.1, 0.15) is 13.8 Å². The van der Waals surface area contributed by atoms with Crippen LogP contribution >= 0.6 is 0 Å². The second kappa shape index (κ2) is 10.1. The maximum absolute atomic E-state index is 14.5. The summed E-state index contributed by atoms with van der Waals surface area (Å²) in [6, 6.07) is 1.51. The largest absolute Gasteiger partial charge is 0.401 e. The fourth-order valence-corrected chi connectivity index (χ4v) is 3.22. The molecule has 0 spiro atoms. The summed E-state index contributed by atoms with van der Waals surface area (Å²) in [4.78, 5) is 38.1. The summed E-state index contributed by atoms with van der Waals surface area (Å²) in [6.07, 6.45) is -4.67. The van der Waals surface area contributed by atoms with Crippen LogP contribution < -0.4 is 16.0 Å². The number of primary amides is 1. The van der Waals surface area contributed by atoms with Gasteiger partial charge in [0.25, 0.3) is 11.8 Å². The molecule has 31 heavy (non-hydrogen) atoms. The number of morpholine rings is 1. The molecule has 1 aliphatic heterocycles. The predicted molar refractivity (Wildman–Crippen MR) is 104 cm³/mol. The molecule has 1 heterocycles. The van der Waals surface area contributed by atoms with Gasteiger partial charge in [0.2, 0.25) is 5.91 Å². The lowest BCUT2D eigenvalue weighted by Crippen LogP contribution is -2.55. The van der Waals surface area contributed by atoms with Crippen LogP contribution in [0.2, 0.25) is 0 Å². The zero-order valence-corrected chi connectivity index (χ0v) is 17.0. The van der Waals surface area contributed by atoms with Crippen molar-refractivity contribution in [2.45, 2.75) is 26.1 Å². The highest BCUT2D eigenvalue weighted by Crippen LogP contribution is 2.25. The van der Waals surface area contributed by atoms with Crippen LogP contribution in [0.4, 0.5) is 28.9 Å². The molecule has 0 saturated carbocycles. The van der Waals surface area contributed by atoms with E-state index in [-0.39, 0.29) is 43.6 Å². The number of carbonyl (C=O) groups is 3. The Morgan fingerprint density at radius 3 is 2.52 bits per heavy atom. The summed E-state index contributed by atoms with van der Waals surface area (Å²) in [6.45, 7) is 1.71. The Hall–Kier alpha value is -2.73. The van der Waals surface area contributed by atoms with Gasteiger partial charge in [-0.1, -0.05) is 13.8 Å². The van der Waals surface area contributed by atoms with Gasteiger partial charge < -0.3 is 20.7 Å². The first kappa shape index (κ1) is 24.5. The SMILES string of the molecule is CC(C)CN(CC(F)(F)F)[C@@H](C(N)=O)C(=O)Nc1ccc(N2CCOCC2=O)c(F)c1. The number of benzene rings is 1. The van der Waals surface area contributed by atoms with Crippen molar-refractivity contribution < 1.29 is 36.7 Å². The summed E-state index contributed by atoms with van der Waals surface area (Å²) in [5, 5.41) is 2.23. The van der Waals surface area contributed by atoms with Crippen molar-refractivity contribution in [2.75, 3.05) is 43.1 Å². The Bertz CT molecular complexity index is 832. The number of ether oxygens (including phenoxy) is 1. The predicted octanol–water partition coefficient (Wildman–Crippen LogP) is 1.50. The molecule has 3 amide bonds. The molecule has 1 atom stereocenters. The second-order valence-electron chi connectivity index (χ2n) is 7.50. The van der Waals surface area contributed by atoms with Crippen LogP contribution in [-0.4, -0.2) is 67.7 Å². The van der Waals surface area contributed by atoms with E-state index in [1.165, 1.54) is 17.0 Å². The molecule has 0 unspecified atom stereocenters. The number of alkyl halides is 3. The molecule has 3 N–H and O–H groups in total. The van der Waals surface area contributed by atoms with Crippen molar-refractivity contribution in [1.29, 1.82) is 0 Å². The number of hydrogen-bond donors (Lipinski definition) is 2. The first-order valence-electron chi connectivity index (χ1n) is 9.47. The third kappa shape index (κ3) is 6.89. The number of nitrogens with zero attached hydrogens (tertiary/aromatic N) is 2. The van der Waals surface area contributed by atoms with E-state index < -0.39 is 42.3 Å². The zero-order valence-electron chi connectivity index (χ0n) is 17.0. The van der Waals surface area contributed by atoms with Crippen LogP contribution in [0.5, 0.6) is 0 Å². The minimum atomic E-state index is -4.67. The van der Waals surface area contributed by atoms with Gasteiger partial charge in [-0.05, 0) is 24.1 Å². The van der Waals surface area contributed by atoms with Crippen LogP contribution in [0.15, 0.2) is 18.2 Å². The number of nitrogens with two attached hydrogens (primary N) is 1. The Labute approximate surface area is 176 Å². The number of nitrogens with one attached hydrogen (secondary N) is 1. The van der Waals surface area contributed by atoms with E-state index in [1.54, 1.807) is 13.8 Å². The van der Waals surface area contributed by atoms with Crippen LogP contribution in [0.25, 0.3) is 0 Å². The third-order valence-corrected chi connectivity index (χ3v) is 4.36. The van der Waals surface area contributed by atoms with E-state index in [0.717, 1.165) is 6.07 Å². The lowest BCUT2D eigenvalue weighted by atomic mass is 10.1. The maximum Gasteiger partial charge on any atom is 0.401 e. The topological polar surface area (TPSA) is 105 Å². The molecule has 8 nitrogen and oxygen atoms in total. The number of carbonyl (C=O) groups excluding carboxylic acids is 3. The molecule has 2 rings (SSSR count). The quantitative estimate of drug-likeness (QED) is 0.463. The first-order chi connectivity index (χ1) is 14.4. The van der Waals surface area contributed by atoms with E-state index in [1.807, 2.05) is 0 Å². The smallest absolute Gasteiger partial charge is 0.370 e. The molecule has 0 aliphatic carbocycles. The Morgan fingerprint density at radius 1 is 1.32 bits per heavy atom. The molecule has 0 radical (unpaired) electrons. The number of hydrogen-bond acceptors (Lipinski definition) is 5. The average molecular weight is 448 g/mol. The first-order valence-corrected chi connectivity index (χ1v) is 9.47. The van der Waals surface area contributed by atoms with Gasteiger partial charge in [0.1, 0.15) is 12.4 Å². The van der Waals surface area contributed by atoms with E-state index in [2.05, 4.69) is 5.32 Å². The molecule has 1 aromatic rings. The van der Waals surface area contributed by atoms with Gasteiger partial charge in [0, 0.05) is 18.8 Å². The average Bonchev–Trinajstić information content (AvgIpc) is 2.60. The van der Waals surface area contributed by atoms with Gasteiger partial charge in [-0.15, -0.1) is 0 Å². The lowest BCUT2D eigenvalue weighted by molar-refractivity contribution is -0.158. The van der Waals surface area contributed by atoms with Gasteiger partial charge in [-0.2, -0.15) is 13.2 Å². The van der Waals surface area contributed by atoms with Crippen molar-refractivity contribution in [3.63, 3.8) is 0 Å². The Kier molecular flexibility index (Phi) is 7.96. The van der Waals surface area contributed by atoms with Crippen LogP contribution in [0.3, 0.4) is 0 Å². The highest BCUT2D eigenvalue weighted by atomic mass is 19.4. The maximum atomic E-state index is 14.5. The summed E-state index contributed by atoms with van der Waals surface area (Å²) in [5.74, 6) is -3.95. The standard InChI is InChI=1S/C19H24F4N4O4/c1-11(2)8-26(10-19(21,22)23)16(17(24)29)18(30)25-12-3-4-14(13(20)7-12)27-5-6-31-9-15(27)28/h3-4,7,11,16H,5-6,8-10H2,1-2H3,(H2,24,29)(H,25,30)/t16-/m0/s1. The Balaban J connectivity index is 2.22. The van der Waals surface area contributed by atoms with Crippen molar-refractivity contribution in [3.8, 4) is 0 Å². The molecule has 12 heteroatoms. The van der Waals surface area contributed by atoms with E-state index in [0.29, 0.717) is 4.90 Å². The highest BCUT2D eigenvalue weighted by Gasteiger charge is 2.39. The lowest BCUT2D eigenvalue weighted by Gasteiger charge is -2.30. The number of anilines is 2. The molecule has 1 aromatic carbocycles. The minimum absolute atomic E-state index is 0.0312. The molecule has 0 aromatic heterocycles. The fourth-order valence-electron chi connectivity index (χ4n) is 3.22. The molecule has 0 bridgehead atoms. The summed E-state index contributed by atoms with van der Waals surface area (Å²) < 4.78 is 58.4. The monoisotopic (exact) mass is 448 g/mol. The van der Waals surface area contributed by atoms with Crippen molar-refractivity contribution in [1.82, 2.24) is 4.90 Å². The molecule has 172 valence electrons. The van der Waals surface area contributed by atoms with Gasteiger partial charge >= 0.3 is 6.18 Å². The van der Waals surface area contributed by atoms with Gasteiger partial charge in [-0.25, -0.2) is 4.39 Å². The Morgan fingerprint density at radius 2 is 2.00 bits per heavy atom. The van der Waals surface area contributed by atoms with Crippen LogP contribution in [-0.2, 0) is 19.1 Å². The molecular formula is C19H24F4N4O4. The fraction of sp³-hybridized carbons (Fsp3) is 0.526. The van der Waals surface area contributed by atoms with E-state index in [9.17, 15) is 31.9 Å². The van der Waals surface area contributed by atoms with Crippen molar-refractivity contribution >= 4 is 29.1 Å². The summed E-state index contributed by atoms with van der Waals surface area (Å²) in [7, 11) is 0. The van der Waals surface area contributed by atoms with Crippen molar-refractivity contribution in [3.05, 3.63) is 24.0 Å². The second-order valence-corrected chi connectivity index (χ2v) is 7.50. The van der Waals surface area contributed by atoms with Gasteiger partial charge in [-0.3, -0.25) is 19.3 Å². The molecule has 1 aliphatic rings. The minimum Gasteiger partial charge on any atom is -0.370 e. The third-order valence-electron chi connectivity index (χ3n) is 4.36. The number of rotatable bonds is 8. The zero-order chi connectivity index (χ0) is 23.3. The van der Waals surface area contributed by atoms with E-state index >= 15 is 0 Å². The number of amides is 3. The van der Waals surface area contributed by atoms with Gasteiger partial charge in [0.15, 0.2) is 6.04 Å². The van der Waals surface area contributed by atoms with Gasteiger partial charge in [0.05, 0.1) is 18.8 Å². The molecule has 1 saturated heterocycles. The highest BCUT2D eigenvalue weighted by molar-refractivity contribution is 6.09. The normalized spacial score (nSPS) is 16.0. The number of halogens is 4.